The van der Waals surface area contributed by atoms with Gasteiger partial charge in [0.25, 0.3) is 0 Å². The van der Waals surface area contributed by atoms with E-state index in [2.05, 4.69) is 31.3 Å². The monoisotopic (exact) mass is 504 g/mol. The van der Waals surface area contributed by atoms with Gasteiger partial charge >= 0.3 is 0 Å². The molecule has 3 aromatic rings. The molecular weight excluding hydrogens is 464 g/mol. The summed E-state index contributed by atoms with van der Waals surface area (Å²) in [5, 5.41) is 14.3. The minimum absolute atomic E-state index is 0.245. The van der Waals surface area contributed by atoms with Crippen LogP contribution in [0.25, 0.3) is 11.1 Å². The molecular formula is C31H40N2O4. The van der Waals surface area contributed by atoms with Crippen LogP contribution in [0, 0.1) is 5.92 Å². The first-order chi connectivity index (χ1) is 17.9. The van der Waals surface area contributed by atoms with Crippen LogP contribution >= 0.6 is 0 Å². The largest absolute Gasteiger partial charge is 0.507 e. The molecule has 198 valence electrons. The third-order valence-corrected chi connectivity index (χ3v) is 7.00. The van der Waals surface area contributed by atoms with E-state index in [1.165, 1.54) is 11.1 Å². The first-order valence-electron chi connectivity index (χ1n) is 13.2. The number of benzene rings is 3. The number of fused-ring (bicyclic) bond motifs is 1. The number of ether oxygens (including phenoxy) is 3. The third-order valence-electron chi connectivity index (χ3n) is 7.00. The molecule has 4 rings (SSSR count). The van der Waals surface area contributed by atoms with Gasteiger partial charge in [-0.2, -0.15) is 0 Å². The lowest BCUT2D eigenvalue weighted by molar-refractivity contribution is 0.311. The number of aromatic hydroxyl groups is 1. The van der Waals surface area contributed by atoms with Crippen LogP contribution in [0.15, 0.2) is 42.5 Å². The van der Waals surface area contributed by atoms with Crippen molar-refractivity contribution in [2.24, 2.45) is 5.92 Å². The second kappa shape index (κ2) is 12.2. The smallest absolute Gasteiger partial charge is 0.166 e. The Morgan fingerprint density at radius 3 is 2.46 bits per heavy atom. The van der Waals surface area contributed by atoms with Gasteiger partial charge in [-0.3, -0.25) is 0 Å². The Labute approximate surface area is 220 Å². The lowest BCUT2D eigenvalue weighted by Gasteiger charge is -2.24. The van der Waals surface area contributed by atoms with Crippen LogP contribution in [0.5, 0.6) is 23.0 Å². The van der Waals surface area contributed by atoms with Gasteiger partial charge in [-0.1, -0.05) is 32.0 Å². The Balaban J connectivity index is 1.63. The van der Waals surface area contributed by atoms with Crippen LogP contribution in [-0.2, 0) is 19.3 Å². The maximum absolute atomic E-state index is 10.9. The number of nitrogens with two attached hydrogens (primary N) is 1. The maximum Gasteiger partial charge on any atom is 0.166 e. The molecule has 6 heteroatoms. The van der Waals surface area contributed by atoms with Crippen molar-refractivity contribution in [1.82, 2.24) is 5.32 Å². The van der Waals surface area contributed by atoms with Gasteiger partial charge in [0.2, 0.25) is 0 Å². The number of phenols is 1. The number of rotatable bonds is 11. The minimum atomic E-state index is 0.245. The van der Waals surface area contributed by atoms with Crippen LogP contribution < -0.4 is 25.3 Å². The number of hydrogen-bond donors (Lipinski definition) is 3. The highest BCUT2D eigenvalue weighted by atomic mass is 16.5. The van der Waals surface area contributed by atoms with Gasteiger partial charge in [0, 0.05) is 35.3 Å². The van der Waals surface area contributed by atoms with Gasteiger partial charge in [0.1, 0.15) is 18.1 Å². The van der Waals surface area contributed by atoms with Crippen molar-refractivity contribution >= 4 is 5.69 Å². The summed E-state index contributed by atoms with van der Waals surface area (Å²) in [6.45, 7) is 6.80. The van der Waals surface area contributed by atoms with Gasteiger partial charge in [-0.15, -0.1) is 0 Å². The molecule has 0 amide bonds. The zero-order valence-electron chi connectivity index (χ0n) is 22.5. The van der Waals surface area contributed by atoms with Gasteiger partial charge in [0.15, 0.2) is 11.5 Å². The van der Waals surface area contributed by atoms with Gasteiger partial charge in [-0.25, -0.2) is 0 Å². The molecule has 0 unspecified atom stereocenters. The Kier molecular flexibility index (Phi) is 8.82. The molecule has 1 aliphatic carbocycles. The number of hydrogen-bond acceptors (Lipinski definition) is 6. The fourth-order valence-electron chi connectivity index (χ4n) is 5.12. The van der Waals surface area contributed by atoms with Gasteiger partial charge in [-0.05, 0) is 79.1 Å². The van der Waals surface area contributed by atoms with E-state index < -0.39 is 0 Å². The lowest BCUT2D eigenvalue weighted by atomic mass is 9.84. The molecule has 37 heavy (non-hydrogen) atoms. The number of phenolic OH excluding ortho intramolecular Hbond substituents is 1. The number of anilines is 1. The summed E-state index contributed by atoms with van der Waals surface area (Å²) < 4.78 is 17.4. The SMILES string of the molecule is COc1cc(-c2c(O)ccc3c2CCCC3)c(N)c(Cc2ccc(OCCNCC(C)C)cc2)c1OC. The summed E-state index contributed by atoms with van der Waals surface area (Å²) in [6, 6.07) is 13.8. The number of nitrogens with one attached hydrogen (secondary N) is 1. The molecule has 0 bridgehead atoms. The molecule has 0 aliphatic heterocycles. The second-order valence-corrected chi connectivity index (χ2v) is 10.1. The van der Waals surface area contributed by atoms with Crippen LogP contribution in [0.3, 0.4) is 0 Å². The predicted octanol–water partition coefficient (Wildman–Crippen LogP) is 5.75. The summed E-state index contributed by atoms with van der Waals surface area (Å²) in [7, 11) is 3.26. The molecule has 0 spiro atoms. The topological polar surface area (TPSA) is 86.0 Å². The Morgan fingerprint density at radius 2 is 1.76 bits per heavy atom. The molecule has 0 saturated carbocycles. The van der Waals surface area contributed by atoms with E-state index in [9.17, 15) is 5.11 Å². The van der Waals surface area contributed by atoms with Crippen molar-refractivity contribution in [3.05, 3.63) is 64.7 Å². The highest BCUT2D eigenvalue weighted by molar-refractivity contribution is 5.88. The van der Waals surface area contributed by atoms with Crippen molar-refractivity contribution in [2.75, 3.05) is 39.6 Å². The molecule has 1 aliphatic rings. The van der Waals surface area contributed by atoms with E-state index in [0.717, 1.165) is 66.8 Å². The molecule has 0 saturated heterocycles. The first kappa shape index (κ1) is 26.7. The molecule has 0 aromatic heterocycles. The van der Waals surface area contributed by atoms with E-state index in [4.69, 9.17) is 19.9 Å². The standard InChI is InChI=1S/C31H40N2O4/c1-20(2)19-33-15-16-37-23-12-9-21(10-13-23)17-26-30(32)25(18-28(35-3)31(26)36-4)29-24-8-6-5-7-22(24)11-14-27(29)34/h9-14,18,20,33-34H,5-8,15-17,19,32H2,1-4H3. The molecule has 4 N–H and O–H groups in total. The fourth-order valence-corrected chi connectivity index (χ4v) is 5.12. The summed E-state index contributed by atoms with van der Waals surface area (Å²) in [5.74, 6) is 2.92. The average Bonchev–Trinajstić information content (AvgIpc) is 2.90. The summed E-state index contributed by atoms with van der Waals surface area (Å²) in [4.78, 5) is 0. The van der Waals surface area contributed by atoms with E-state index in [1.54, 1.807) is 20.3 Å². The van der Waals surface area contributed by atoms with Gasteiger partial charge in [0.05, 0.1) is 14.2 Å². The second-order valence-electron chi connectivity index (χ2n) is 10.1. The Bertz CT molecular complexity index is 1210. The minimum Gasteiger partial charge on any atom is -0.507 e. The highest BCUT2D eigenvalue weighted by Gasteiger charge is 2.24. The summed E-state index contributed by atoms with van der Waals surface area (Å²) >= 11 is 0. The molecule has 0 fully saturated rings. The van der Waals surface area contributed by atoms with E-state index in [1.807, 2.05) is 24.3 Å². The number of aryl methyl sites for hydroxylation is 1. The Hall–Kier alpha value is -3.38. The lowest BCUT2D eigenvalue weighted by Crippen LogP contribution is -2.24. The van der Waals surface area contributed by atoms with Crippen LogP contribution in [0.2, 0.25) is 0 Å². The molecule has 0 heterocycles. The van der Waals surface area contributed by atoms with E-state index >= 15 is 0 Å². The zero-order valence-corrected chi connectivity index (χ0v) is 22.5. The van der Waals surface area contributed by atoms with Crippen molar-refractivity contribution < 1.29 is 19.3 Å². The van der Waals surface area contributed by atoms with Crippen molar-refractivity contribution in [3.63, 3.8) is 0 Å². The highest BCUT2D eigenvalue weighted by Crippen LogP contribution is 2.47. The van der Waals surface area contributed by atoms with Crippen LogP contribution in [0.1, 0.15) is 48.9 Å². The van der Waals surface area contributed by atoms with Gasteiger partial charge < -0.3 is 30.4 Å². The van der Waals surface area contributed by atoms with Crippen molar-refractivity contribution in [2.45, 2.75) is 46.0 Å². The number of nitrogen functional groups attached to an aromatic ring is 1. The molecule has 3 aromatic carbocycles. The normalized spacial score (nSPS) is 12.9. The average molecular weight is 505 g/mol. The zero-order chi connectivity index (χ0) is 26.4. The third kappa shape index (κ3) is 6.13. The first-order valence-corrected chi connectivity index (χ1v) is 13.2. The van der Waals surface area contributed by atoms with E-state index in [0.29, 0.717) is 36.1 Å². The van der Waals surface area contributed by atoms with Crippen LogP contribution in [-0.4, -0.2) is 39.0 Å². The predicted molar refractivity (Wildman–Crippen MR) is 150 cm³/mol. The number of methoxy groups -OCH3 is 2. The van der Waals surface area contributed by atoms with E-state index in [-0.39, 0.29) is 5.75 Å². The summed E-state index contributed by atoms with van der Waals surface area (Å²) in [6.07, 6.45) is 4.77. The molecule has 0 atom stereocenters. The van der Waals surface area contributed by atoms with Crippen molar-refractivity contribution in [3.8, 4) is 34.1 Å². The molecule has 6 nitrogen and oxygen atoms in total. The quantitative estimate of drug-likeness (QED) is 0.228. The van der Waals surface area contributed by atoms with Crippen LogP contribution in [0.4, 0.5) is 5.69 Å². The fraction of sp³-hybridized carbons (Fsp3) is 0.419. The van der Waals surface area contributed by atoms with Crippen molar-refractivity contribution in [1.29, 1.82) is 0 Å². The summed E-state index contributed by atoms with van der Waals surface area (Å²) in [5.41, 5.74) is 13.4. The molecule has 0 radical (unpaired) electrons. The Morgan fingerprint density at radius 1 is 1.00 bits per heavy atom. The maximum atomic E-state index is 10.9.